The number of piperidine rings is 1. The van der Waals surface area contributed by atoms with Gasteiger partial charge in [0.25, 0.3) is 0 Å². The molecule has 0 spiro atoms. The zero-order chi connectivity index (χ0) is 17.9. The summed E-state index contributed by atoms with van der Waals surface area (Å²) in [5, 5.41) is 8.72. The van der Waals surface area contributed by atoms with Crippen LogP contribution < -0.4 is 9.47 Å². The van der Waals surface area contributed by atoms with E-state index in [2.05, 4.69) is 25.7 Å². The van der Waals surface area contributed by atoms with Crippen molar-refractivity contribution in [3.05, 3.63) is 35.9 Å². The van der Waals surface area contributed by atoms with E-state index in [-0.39, 0.29) is 0 Å². The van der Waals surface area contributed by atoms with Crippen LogP contribution in [0, 0.1) is 5.92 Å². The molecule has 0 N–H and O–H groups in total. The lowest BCUT2D eigenvalue weighted by Crippen LogP contribution is -2.34. The monoisotopic (exact) mass is 356 g/mol. The average molecular weight is 356 g/mol. The highest BCUT2D eigenvalue weighted by atomic mass is 16.5. The second-order valence-electron chi connectivity index (χ2n) is 7.44. The lowest BCUT2D eigenvalue weighted by molar-refractivity contribution is 0.129. The van der Waals surface area contributed by atoms with E-state index < -0.39 is 0 Å². The third kappa shape index (κ3) is 3.70. The van der Waals surface area contributed by atoms with Crippen molar-refractivity contribution < 1.29 is 9.47 Å². The molecule has 6 heteroatoms. The van der Waals surface area contributed by atoms with Gasteiger partial charge < -0.3 is 14.0 Å². The second kappa shape index (κ2) is 7.66. The fourth-order valence-corrected chi connectivity index (χ4v) is 3.92. The standard InChI is InChI=1S/C20H28N4O2/c1-25-17-9-8-16(19(11-17)26-2)13-23-10-4-3-5-18(23)20-22-21-14-24(20)12-15-6-7-15/h8-9,11,14-15,18H,3-7,10,12-13H2,1-2H3. The van der Waals surface area contributed by atoms with Crippen molar-refractivity contribution in [2.24, 2.45) is 5.92 Å². The largest absolute Gasteiger partial charge is 0.497 e. The summed E-state index contributed by atoms with van der Waals surface area (Å²) in [7, 11) is 3.40. The predicted octanol–water partition coefficient (Wildman–Crippen LogP) is 3.43. The first-order valence-corrected chi connectivity index (χ1v) is 9.61. The van der Waals surface area contributed by atoms with E-state index in [1.54, 1.807) is 14.2 Å². The summed E-state index contributed by atoms with van der Waals surface area (Å²) in [5.41, 5.74) is 1.19. The van der Waals surface area contributed by atoms with Crippen molar-refractivity contribution in [1.29, 1.82) is 0 Å². The Morgan fingerprint density at radius 3 is 2.77 bits per heavy atom. The van der Waals surface area contributed by atoms with Gasteiger partial charge in [0.05, 0.1) is 20.3 Å². The van der Waals surface area contributed by atoms with Crippen LogP contribution in [0.1, 0.15) is 49.5 Å². The zero-order valence-electron chi connectivity index (χ0n) is 15.7. The first-order valence-electron chi connectivity index (χ1n) is 9.61. The van der Waals surface area contributed by atoms with E-state index in [4.69, 9.17) is 9.47 Å². The Morgan fingerprint density at radius 1 is 1.12 bits per heavy atom. The molecule has 1 aromatic heterocycles. The van der Waals surface area contributed by atoms with Crippen LogP contribution in [0.4, 0.5) is 0 Å². The Morgan fingerprint density at radius 2 is 2.00 bits per heavy atom. The van der Waals surface area contributed by atoms with Crippen molar-refractivity contribution in [2.75, 3.05) is 20.8 Å². The highest BCUT2D eigenvalue weighted by molar-refractivity contribution is 5.40. The molecule has 4 rings (SSSR count). The van der Waals surface area contributed by atoms with Gasteiger partial charge in [-0.05, 0) is 44.2 Å². The van der Waals surface area contributed by atoms with Gasteiger partial charge in [0.2, 0.25) is 0 Å². The van der Waals surface area contributed by atoms with Gasteiger partial charge in [0.15, 0.2) is 0 Å². The summed E-state index contributed by atoms with van der Waals surface area (Å²) >= 11 is 0. The third-order valence-electron chi connectivity index (χ3n) is 5.58. The minimum Gasteiger partial charge on any atom is -0.497 e. The minimum absolute atomic E-state index is 0.330. The van der Waals surface area contributed by atoms with Crippen LogP contribution >= 0.6 is 0 Å². The maximum atomic E-state index is 5.60. The van der Waals surface area contributed by atoms with Crippen LogP contribution in [0.2, 0.25) is 0 Å². The second-order valence-corrected chi connectivity index (χ2v) is 7.44. The molecule has 0 radical (unpaired) electrons. The topological polar surface area (TPSA) is 52.4 Å². The van der Waals surface area contributed by atoms with Crippen molar-refractivity contribution in [3.8, 4) is 11.5 Å². The van der Waals surface area contributed by atoms with Gasteiger partial charge in [-0.1, -0.05) is 12.5 Å². The number of nitrogens with zero attached hydrogens (tertiary/aromatic N) is 4. The van der Waals surface area contributed by atoms with E-state index >= 15 is 0 Å². The molecule has 26 heavy (non-hydrogen) atoms. The van der Waals surface area contributed by atoms with Crippen molar-refractivity contribution in [3.63, 3.8) is 0 Å². The Balaban J connectivity index is 1.55. The first-order chi connectivity index (χ1) is 12.8. The summed E-state index contributed by atoms with van der Waals surface area (Å²) in [5.74, 6) is 3.66. The molecule has 6 nitrogen and oxygen atoms in total. The molecule has 1 saturated heterocycles. The van der Waals surface area contributed by atoms with Crippen molar-refractivity contribution in [1.82, 2.24) is 19.7 Å². The molecule has 2 fully saturated rings. The maximum Gasteiger partial charge on any atom is 0.150 e. The molecule has 2 heterocycles. The predicted molar refractivity (Wildman–Crippen MR) is 99.3 cm³/mol. The number of ether oxygens (including phenoxy) is 2. The highest BCUT2D eigenvalue weighted by Crippen LogP contribution is 2.36. The van der Waals surface area contributed by atoms with E-state index in [1.165, 1.54) is 31.2 Å². The molecule has 140 valence electrons. The van der Waals surface area contributed by atoms with E-state index in [0.29, 0.717) is 6.04 Å². The summed E-state index contributed by atoms with van der Waals surface area (Å²) in [6.45, 7) is 3.00. The van der Waals surface area contributed by atoms with Crippen LogP contribution in [0.3, 0.4) is 0 Å². The van der Waals surface area contributed by atoms with E-state index in [0.717, 1.165) is 49.3 Å². The van der Waals surface area contributed by atoms with Gasteiger partial charge >= 0.3 is 0 Å². The van der Waals surface area contributed by atoms with Gasteiger partial charge in [0, 0.05) is 24.7 Å². The molecule has 0 bridgehead atoms. The maximum absolute atomic E-state index is 5.60. The number of hydrogen-bond donors (Lipinski definition) is 0. The molecule has 1 aromatic carbocycles. The van der Waals surface area contributed by atoms with Gasteiger partial charge in [-0.15, -0.1) is 10.2 Å². The number of hydrogen-bond acceptors (Lipinski definition) is 5. The Labute approximate surface area is 155 Å². The Hall–Kier alpha value is -2.08. The van der Waals surface area contributed by atoms with Crippen molar-refractivity contribution in [2.45, 2.75) is 51.2 Å². The number of aromatic nitrogens is 3. The lowest BCUT2D eigenvalue weighted by Gasteiger charge is -2.35. The average Bonchev–Trinajstić information content (AvgIpc) is 3.38. The smallest absolute Gasteiger partial charge is 0.150 e. The number of methoxy groups -OCH3 is 2. The summed E-state index contributed by atoms with van der Waals surface area (Å²) in [6, 6.07) is 6.41. The Bertz CT molecular complexity index is 741. The molecule has 0 amide bonds. The molecule has 1 aliphatic heterocycles. The van der Waals surface area contributed by atoms with Crippen LogP contribution in [0.5, 0.6) is 11.5 Å². The molecule has 2 aliphatic rings. The quantitative estimate of drug-likeness (QED) is 0.761. The normalized spacial score (nSPS) is 20.9. The SMILES string of the molecule is COc1ccc(CN2CCCCC2c2nncn2CC2CC2)c(OC)c1. The summed E-state index contributed by atoms with van der Waals surface area (Å²) in [4.78, 5) is 2.53. The fourth-order valence-electron chi connectivity index (χ4n) is 3.92. The van der Waals surface area contributed by atoms with Crippen LogP contribution in [0.25, 0.3) is 0 Å². The summed E-state index contributed by atoms with van der Waals surface area (Å²) in [6.07, 6.45) is 8.21. The van der Waals surface area contributed by atoms with Gasteiger partial charge in [-0.25, -0.2) is 0 Å². The van der Waals surface area contributed by atoms with Gasteiger partial charge in [-0.2, -0.15) is 0 Å². The van der Waals surface area contributed by atoms with Crippen LogP contribution in [0.15, 0.2) is 24.5 Å². The van der Waals surface area contributed by atoms with E-state index in [1.807, 2.05) is 18.5 Å². The van der Waals surface area contributed by atoms with Crippen LogP contribution in [-0.2, 0) is 13.1 Å². The molecular weight excluding hydrogens is 328 g/mol. The molecule has 1 aliphatic carbocycles. The highest BCUT2D eigenvalue weighted by Gasteiger charge is 2.30. The van der Waals surface area contributed by atoms with Crippen molar-refractivity contribution >= 4 is 0 Å². The molecular formula is C20H28N4O2. The Kier molecular flexibility index (Phi) is 5.11. The lowest BCUT2D eigenvalue weighted by atomic mass is 10.00. The molecule has 1 saturated carbocycles. The third-order valence-corrected chi connectivity index (χ3v) is 5.58. The van der Waals surface area contributed by atoms with E-state index in [9.17, 15) is 0 Å². The number of benzene rings is 1. The fraction of sp³-hybridized carbons (Fsp3) is 0.600. The minimum atomic E-state index is 0.330. The molecule has 1 unspecified atom stereocenters. The van der Waals surface area contributed by atoms with Crippen LogP contribution in [-0.4, -0.2) is 40.4 Å². The van der Waals surface area contributed by atoms with Gasteiger partial charge in [-0.3, -0.25) is 4.90 Å². The van der Waals surface area contributed by atoms with Gasteiger partial charge in [0.1, 0.15) is 23.7 Å². The number of rotatable bonds is 7. The first kappa shape index (κ1) is 17.3. The molecule has 1 atom stereocenters. The molecule has 2 aromatic rings. The number of likely N-dealkylation sites (tertiary alicyclic amines) is 1. The zero-order valence-corrected chi connectivity index (χ0v) is 15.7. The summed E-state index contributed by atoms with van der Waals surface area (Å²) < 4.78 is 13.2.